The molecule has 0 saturated carbocycles. The minimum Gasteiger partial charge on any atom is -0.495 e. The first kappa shape index (κ1) is 14.5. The summed E-state index contributed by atoms with van der Waals surface area (Å²) in [7, 11) is 1.59. The third-order valence-electron chi connectivity index (χ3n) is 2.80. The highest BCUT2D eigenvalue weighted by Crippen LogP contribution is 2.31. The Bertz CT molecular complexity index is 623. The second-order valence-corrected chi connectivity index (χ2v) is 5.13. The number of halogens is 1. The molecule has 6 heteroatoms. The van der Waals surface area contributed by atoms with Crippen LogP contribution in [0.25, 0.3) is 0 Å². The van der Waals surface area contributed by atoms with Crippen LogP contribution in [0.5, 0.6) is 5.75 Å². The first-order chi connectivity index (χ1) is 9.51. The molecule has 1 unspecified atom stereocenters. The molecule has 2 N–H and O–H groups in total. The van der Waals surface area contributed by atoms with E-state index in [0.717, 1.165) is 10.2 Å². The van der Waals surface area contributed by atoms with Gasteiger partial charge >= 0.3 is 5.97 Å². The van der Waals surface area contributed by atoms with Crippen molar-refractivity contribution in [3.8, 4) is 5.75 Å². The number of carboxylic acids is 1. The number of carboxylic acid groups (broad SMARTS) is 1. The molecule has 1 atom stereocenters. The lowest BCUT2D eigenvalue weighted by Crippen LogP contribution is -2.07. The Morgan fingerprint density at radius 1 is 1.40 bits per heavy atom. The van der Waals surface area contributed by atoms with Gasteiger partial charge in [0.25, 0.3) is 0 Å². The number of benzene rings is 1. The number of anilines is 1. The van der Waals surface area contributed by atoms with Crippen LogP contribution < -0.4 is 10.1 Å². The van der Waals surface area contributed by atoms with E-state index >= 15 is 0 Å². The van der Waals surface area contributed by atoms with Crippen molar-refractivity contribution < 1.29 is 19.1 Å². The van der Waals surface area contributed by atoms with Gasteiger partial charge in [0.15, 0.2) is 0 Å². The van der Waals surface area contributed by atoms with Gasteiger partial charge in [-0.15, -0.1) is 0 Å². The first-order valence-corrected chi connectivity index (χ1v) is 6.73. The summed E-state index contributed by atoms with van der Waals surface area (Å²) in [5.74, 6) is 0.0906. The summed E-state index contributed by atoms with van der Waals surface area (Å²) in [6, 6.07) is 8.50. The summed E-state index contributed by atoms with van der Waals surface area (Å²) in [6.45, 7) is 1.88. The fourth-order valence-electron chi connectivity index (χ4n) is 1.80. The molecule has 0 aliphatic heterocycles. The summed E-state index contributed by atoms with van der Waals surface area (Å²) < 4.78 is 11.5. The van der Waals surface area contributed by atoms with E-state index in [-0.39, 0.29) is 11.8 Å². The molecule has 0 aliphatic carbocycles. The second-order valence-electron chi connectivity index (χ2n) is 4.22. The van der Waals surface area contributed by atoms with Crippen molar-refractivity contribution in [2.24, 2.45) is 0 Å². The molecule has 2 aromatic rings. The highest BCUT2D eigenvalue weighted by Gasteiger charge is 2.15. The average Bonchev–Trinajstić information content (AvgIpc) is 2.89. The van der Waals surface area contributed by atoms with Crippen molar-refractivity contribution in [3.05, 3.63) is 46.3 Å². The molecular weight excluding hydrogens is 326 g/mol. The van der Waals surface area contributed by atoms with Crippen molar-refractivity contribution in [2.75, 3.05) is 12.4 Å². The van der Waals surface area contributed by atoms with Crippen LogP contribution in [0, 0.1) is 0 Å². The van der Waals surface area contributed by atoms with E-state index in [9.17, 15) is 4.79 Å². The highest BCUT2D eigenvalue weighted by molar-refractivity contribution is 9.10. The fraction of sp³-hybridized carbons (Fsp3) is 0.214. The molecule has 0 amide bonds. The van der Waals surface area contributed by atoms with Crippen molar-refractivity contribution in [3.63, 3.8) is 0 Å². The summed E-state index contributed by atoms with van der Waals surface area (Å²) in [6.07, 6.45) is 0. The predicted molar refractivity (Wildman–Crippen MR) is 78.4 cm³/mol. The lowest BCUT2D eigenvalue weighted by Gasteiger charge is -2.16. The van der Waals surface area contributed by atoms with Crippen LogP contribution in [0.1, 0.15) is 29.3 Å². The van der Waals surface area contributed by atoms with Crippen molar-refractivity contribution in [2.45, 2.75) is 13.0 Å². The van der Waals surface area contributed by atoms with Crippen LogP contribution in [-0.4, -0.2) is 18.2 Å². The van der Waals surface area contributed by atoms with Crippen LogP contribution in [-0.2, 0) is 0 Å². The normalized spacial score (nSPS) is 11.9. The molecule has 5 nitrogen and oxygen atoms in total. The number of furan rings is 1. The van der Waals surface area contributed by atoms with Crippen LogP contribution in [0.2, 0.25) is 0 Å². The zero-order valence-electron chi connectivity index (χ0n) is 11.0. The number of nitrogens with one attached hydrogen (secondary N) is 1. The first-order valence-electron chi connectivity index (χ1n) is 5.94. The Labute approximate surface area is 124 Å². The zero-order chi connectivity index (χ0) is 14.7. The van der Waals surface area contributed by atoms with E-state index < -0.39 is 5.97 Å². The quantitative estimate of drug-likeness (QED) is 0.863. The highest BCUT2D eigenvalue weighted by atomic mass is 79.9. The van der Waals surface area contributed by atoms with Gasteiger partial charge in [-0.25, -0.2) is 4.79 Å². The summed E-state index contributed by atoms with van der Waals surface area (Å²) >= 11 is 3.40. The monoisotopic (exact) mass is 339 g/mol. The largest absolute Gasteiger partial charge is 0.495 e. The lowest BCUT2D eigenvalue weighted by atomic mass is 10.2. The van der Waals surface area contributed by atoms with Gasteiger partial charge in [-0.2, -0.15) is 0 Å². The van der Waals surface area contributed by atoms with E-state index in [2.05, 4.69) is 21.2 Å². The van der Waals surface area contributed by atoms with E-state index in [0.29, 0.717) is 11.5 Å². The van der Waals surface area contributed by atoms with Gasteiger partial charge in [-0.1, -0.05) is 15.9 Å². The van der Waals surface area contributed by atoms with Crippen LogP contribution in [0.15, 0.2) is 39.2 Å². The molecule has 1 heterocycles. The topological polar surface area (TPSA) is 71.7 Å². The van der Waals surface area contributed by atoms with E-state index in [1.165, 1.54) is 6.07 Å². The van der Waals surface area contributed by atoms with E-state index in [4.69, 9.17) is 14.3 Å². The number of aromatic carboxylic acids is 1. The number of ether oxygens (including phenoxy) is 1. The third-order valence-corrected chi connectivity index (χ3v) is 3.29. The summed E-state index contributed by atoms with van der Waals surface area (Å²) in [5, 5.41) is 12.1. The zero-order valence-corrected chi connectivity index (χ0v) is 12.6. The summed E-state index contributed by atoms with van der Waals surface area (Å²) in [5.41, 5.74) is 0.794. The van der Waals surface area contributed by atoms with Crippen LogP contribution >= 0.6 is 15.9 Å². The Morgan fingerprint density at radius 2 is 2.15 bits per heavy atom. The standard InChI is InChI=1S/C14H14BrNO4/c1-8(11-5-6-13(20-11)14(17)18)16-10-7-9(15)3-4-12(10)19-2/h3-8,16H,1-2H3,(H,17,18). The second kappa shape index (κ2) is 6.00. The lowest BCUT2D eigenvalue weighted by molar-refractivity contribution is 0.0660. The van der Waals surface area contributed by atoms with Gasteiger partial charge in [0.1, 0.15) is 11.5 Å². The SMILES string of the molecule is COc1ccc(Br)cc1NC(C)c1ccc(C(=O)O)o1. The molecule has 0 aliphatic rings. The molecule has 106 valence electrons. The minimum absolute atomic E-state index is 0.0742. The van der Waals surface area contributed by atoms with E-state index in [1.807, 2.05) is 25.1 Å². The smallest absolute Gasteiger partial charge is 0.371 e. The molecule has 20 heavy (non-hydrogen) atoms. The van der Waals surface area contributed by atoms with Crippen LogP contribution in [0.3, 0.4) is 0 Å². The molecular formula is C14H14BrNO4. The maximum absolute atomic E-state index is 10.8. The molecule has 0 radical (unpaired) electrons. The van der Waals surface area contributed by atoms with Gasteiger partial charge < -0.3 is 19.6 Å². The molecule has 0 fully saturated rings. The third kappa shape index (κ3) is 3.14. The Balaban J connectivity index is 2.20. The Hall–Kier alpha value is -1.95. The number of carbonyl (C=O) groups is 1. The molecule has 0 bridgehead atoms. The maximum atomic E-state index is 10.8. The van der Waals surface area contributed by atoms with E-state index in [1.54, 1.807) is 13.2 Å². The van der Waals surface area contributed by atoms with Gasteiger partial charge in [-0.05, 0) is 37.3 Å². The molecule has 1 aromatic heterocycles. The molecule has 2 rings (SSSR count). The number of hydrogen-bond acceptors (Lipinski definition) is 4. The van der Waals surface area contributed by atoms with Crippen molar-refractivity contribution in [1.82, 2.24) is 0 Å². The molecule has 0 spiro atoms. The minimum atomic E-state index is -1.08. The van der Waals surface area contributed by atoms with Crippen molar-refractivity contribution >= 4 is 27.6 Å². The summed E-state index contributed by atoms with van der Waals surface area (Å²) in [4.78, 5) is 10.8. The van der Waals surface area contributed by atoms with Crippen LogP contribution in [0.4, 0.5) is 5.69 Å². The average molecular weight is 340 g/mol. The number of methoxy groups -OCH3 is 1. The predicted octanol–water partition coefficient (Wildman–Crippen LogP) is 3.92. The Kier molecular flexibility index (Phi) is 4.34. The van der Waals surface area contributed by atoms with Gasteiger partial charge in [0.2, 0.25) is 5.76 Å². The van der Waals surface area contributed by atoms with Gasteiger partial charge in [0, 0.05) is 4.47 Å². The Morgan fingerprint density at radius 3 is 2.75 bits per heavy atom. The number of hydrogen-bond donors (Lipinski definition) is 2. The fourth-order valence-corrected chi connectivity index (χ4v) is 2.16. The van der Waals surface area contributed by atoms with Crippen molar-refractivity contribution in [1.29, 1.82) is 0 Å². The number of rotatable bonds is 5. The maximum Gasteiger partial charge on any atom is 0.371 e. The van der Waals surface area contributed by atoms with Gasteiger partial charge in [0.05, 0.1) is 18.8 Å². The molecule has 1 aromatic carbocycles. The van der Waals surface area contributed by atoms with Gasteiger partial charge in [-0.3, -0.25) is 0 Å². The molecule has 0 saturated heterocycles.